The number of hydrogen-bond acceptors (Lipinski definition) is 4. The Hall–Kier alpha value is -0.530. The van der Waals surface area contributed by atoms with E-state index in [0.29, 0.717) is 5.75 Å². The van der Waals surface area contributed by atoms with Crippen LogP contribution < -0.4 is 15.2 Å². The van der Waals surface area contributed by atoms with Gasteiger partial charge in [-0.3, -0.25) is 0 Å². The molecule has 1 fully saturated rings. The highest BCUT2D eigenvalue weighted by Gasteiger charge is 2.28. The van der Waals surface area contributed by atoms with Crippen molar-refractivity contribution in [3.05, 3.63) is 23.2 Å². The van der Waals surface area contributed by atoms with Gasteiger partial charge in [0.05, 0.1) is 12.1 Å². The molecule has 0 aromatic heterocycles. The Labute approximate surface area is 149 Å². The molecule has 5 nitrogen and oxygen atoms in total. The molecule has 8 heteroatoms. The van der Waals surface area contributed by atoms with Crippen LogP contribution in [0, 0.1) is 5.92 Å². The second kappa shape index (κ2) is 9.08. The summed E-state index contributed by atoms with van der Waals surface area (Å²) in [6.45, 7) is 0.283. The van der Waals surface area contributed by atoms with Crippen LogP contribution in [0.2, 0.25) is 5.02 Å². The van der Waals surface area contributed by atoms with Crippen LogP contribution in [-0.4, -0.2) is 28.1 Å². The van der Waals surface area contributed by atoms with E-state index >= 15 is 0 Å². The number of rotatable bonds is 6. The number of hydrogen-bond donors (Lipinski definition) is 2. The molecule has 0 aliphatic heterocycles. The lowest BCUT2D eigenvalue weighted by atomic mass is 9.84. The van der Waals surface area contributed by atoms with Gasteiger partial charge in [-0.05, 0) is 30.9 Å². The quantitative estimate of drug-likeness (QED) is 0.792. The lowest BCUT2D eigenvalue weighted by Gasteiger charge is -2.30. The maximum Gasteiger partial charge on any atom is 0.242 e. The Morgan fingerprint density at radius 2 is 2.00 bits per heavy atom. The van der Waals surface area contributed by atoms with Crippen molar-refractivity contribution in [1.29, 1.82) is 0 Å². The Balaban J connectivity index is 0.00000264. The third-order valence-corrected chi connectivity index (χ3v) is 6.18. The summed E-state index contributed by atoms with van der Waals surface area (Å²) in [6, 6.07) is 4.32. The van der Waals surface area contributed by atoms with Crippen LogP contribution in [0.5, 0.6) is 5.75 Å². The van der Waals surface area contributed by atoms with Gasteiger partial charge < -0.3 is 10.5 Å². The highest BCUT2D eigenvalue weighted by Crippen LogP contribution is 2.29. The number of nitrogens with one attached hydrogen (secondary N) is 1. The van der Waals surface area contributed by atoms with Crippen LogP contribution >= 0.6 is 24.0 Å². The van der Waals surface area contributed by atoms with Crippen molar-refractivity contribution < 1.29 is 13.2 Å². The summed E-state index contributed by atoms with van der Waals surface area (Å²) in [6.07, 6.45) is 5.49. The molecule has 1 saturated carbocycles. The number of benzene rings is 1. The number of methoxy groups -OCH3 is 1. The van der Waals surface area contributed by atoms with Crippen LogP contribution in [0.15, 0.2) is 23.1 Å². The predicted molar refractivity (Wildman–Crippen MR) is 95.0 cm³/mol. The second-order valence-electron chi connectivity index (χ2n) is 5.66. The third kappa shape index (κ3) is 5.22. The maximum absolute atomic E-state index is 12.6. The first-order chi connectivity index (χ1) is 10.5. The zero-order valence-corrected chi connectivity index (χ0v) is 15.5. The first kappa shape index (κ1) is 20.5. The van der Waals surface area contributed by atoms with Crippen LogP contribution in [0.3, 0.4) is 0 Å². The molecule has 1 aliphatic carbocycles. The SMILES string of the molecule is COc1ccc(Cl)c(S(=O)(=O)NC(CN)C2CCCCC2)c1.Cl. The zero-order valence-electron chi connectivity index (χ0n) is 13.1. The molecule has 23 heavy (non-hydrogen) atoms. The van der Waals surface area contributed by atoms with E-state index in [1.165, 1.54) is 25.7 Å². The molecule has 1 aromatic carbocycles. The summed E-state index contributed by atoms with van der Waals surface area (Å²) in [5.74, 6) is 0.740. The summed E-state index contributed by atoms with van der Waals surface area (Å²) in [4.78, 5) is 0.0303. The van der Waals surface area contributed by atoms with Gasteiger partial charge in [-0.25, -0.2) is 13.1 Å². The average molecular weight is 383 g/mol. The molecular formula is C15H24Cl2N2O3S. The van der Waals surface area contributed by atoms with Gasteiger partial charge in [0.25, 0.3) is 0 Å². The molecule has 1 aromatic rings. The molecule has 2 rings (SSSR count). The first-order valence-electron chi connectivity index (χ1n) is 7.54. The van der Waals surface area contributed by atoms with Crippen LogP contribution in [-0.2, 0) is 10.0 Å². The van der Waals surface area contributed by atoms with Gasteiger partial charge in [0.15, 0.2) is 0 Å². The minimum Gasteiger partial charge on any atom is -0.497 e. The highest BCUT2D eigenvalue weighted by atomic mass is 35.5. The van der Waals surface area contributed by atoms with E-state index in [9.17, 15) is 8.42 Å². The van der Waals surface area contributed by atoms with E-state index in [4.69, 9.17) is 22.1 Å². The molecule has 0 radical (unpaired) electrons. The molecule has 0 bridgehead atoms. The van der Waals surface area contributed by atoms with Crippen molar-refractivity contribution in [2.75, 3.05) is 13.7 Å². The summed E-state index contributed by atoms with van der Waals surface area (Å²) >= 11 is 6.04. The summed E-state index contributed by atoms with van der Waals surface area (Å²) in [5.41, 5.74) is 5.80. The van der Waals surface area contributed by atoms with Crippen LogP contribution in [0.4, 0.5) is 0 Å². The lowest BCUT2D eigenvalue weighted by Crippen LogP contribution is -2.45. The van der Waals surface area contributed by atoms with Crippen LogP contribution in [0.1, 0.15) is 32.1 Å². The van der Waals surface area contributed by atoms with Gasteiger partial charge in [-0.2, -0.15) is 0 Å². The van der Waals surface area contributed by atoms with Gasteiger partial charge in [0.2, 0.25) is 10.0 Å². The van der Waals surface area contributed by atoms with Crippen molar-refractivity contribution in [2.45, 2.75) is 43.0 Å². The van der Waals surface area contributed by atoms with Gasteiger partial charge in [-0.15, -0.1) is 12.4 Å². The number of ether oxygens (including phenoxy) is 1. The maximum atomic E-state index is 12.6. The average Bonchev–Trinajstić information content (AvgIpc) is 2.53. The fraction of sp³-hybridized carbons (Fsp3) is 0.600. The van der Waals surface area contributed by atoms with E-state index < -0.39 is 10.0 Å². The minimum absolute atomic E-state index is 0. The fourth-order valence-corrected chi connectivity index (χ4v) is 4.79. The topological polar surface area (TPSA) is 81.4 Å². The standard InChI is InChI=1S/C15H23ClN2O3S.ClH/c1-21-12-7-8-13(16)15(9-12)22(19,20)18-14(10-17)11-5-3-2-4-6-11;/h7-9,11,14,18H,2-6,10,17H2,1H3;1H. The molecular weight excluding hydrogens is 359 g/mol. The molecule has 0 amide bonds. The molecule has 0 saturated heterocycles. The zero-order chi connectivity index (χ0) is 16.2. The van der Waals surface area contributed by atoms with Crippen molar-refractivity contribution in [3.8, 4) is 5.75 Å². The van der Waals surface area contributed by atoms with E-state index in [1.54, 1.807) is 6.07 Å². The van der Waals surface area contributed by atoms with E-state index in [2.05, 4.69) is 4.72 Å². The van der Waals surface area contributed by atoms with Gasteiger partial charge >= 0.3 is 0 Å². The lowest BCUT2D eigenvalue weighted by molar-refractivity contribution is 0.294. The number of sulfonamides is 1. The normalized spacial score (nSPS) is 17.3. The molecule has 0 heterocycles. The van der Waals surface area contributed by atoms with E-state index in [-0.39, 0.29) is 40.8 Å². The number of nitrogens with two attached hydrogens (primary N) is 1. The fourth-order valence-electron chi connectivity index (χ4n) is 2.95. The predicted octanol–water partition coefficient (Wildman–Crippen LogP) is 2.96. The van der Waals surface area contributed by atoms with Gasteiger partial charge in [-0.1, -0.05) is 30.9 Å². The highest BCUT2D eigenvalue weighted by molar-refractivity contribution is 7.89. The summed E-state index contributed by atoms with van der Waals surface area (Å²) in [7, 11) is -2.24. The first-order valence-corrected chi connectivity index (χ1v) is 9.40. The third-order valence-electron chi connectivity index (χ3n) is 4.21. The van der Waals surface area contributed by atoms with Gasteiger partial charge in [0, 0.05) is 18.7 Å². The van der Waals surface area contributed by atoms with Crippen molar-refractivity contribution in [1.82, 2.24) is 4.72 Å². The van der Waals surface area contributed by atoms with E-state index in [1.807, 2.05) is 0 Å². The molecule has 3 N–H and O–H groups in total. The monoisotopic (exact) mass is 382 g/mol. The number of halogens is 2. The molecule has 1 unspecified atom stereocenters. The Morgan fingerprint density at radius 1 is 1.35 bits per heavy atom. The van der Waals surface area contributed by atoms with Crippen molar-refractivity contribution in [2.24, 2.45) is 11.7 Å². The largest absolute Gasteiger partial charge is 0.497 e. The smallest absolute Gasteiger partial charge is 0.242 e. The molecule has 1 atom stereocenters. The second-order valence-corrected chi connectivity index (χ2v) is 7.75. The summed E-state index contributed by atoms with van der Waals surface area (Å²) in [5, 5.41) is 0.174. The minimum atomic E-state index is -3.73. The Bertz CT molecular complexity index is 605. The van der Waals surface area contributed by atoms with Crippen LogP contribution in [0.25, 0.3) is 0 Å². The molecule has 1 aliphatic rings. The van der Waals surface area contributed by atoms with Crippen molar-refractivity contribution >= 4 is 34.0 Å². The van der Waals surface area contributed by atoms with Crippen molar-refractivity contribution in [3.63, 3.8) is 0 Å². The van der Waals surface area contributed by atoms with E-state index in [0.717, 1.165) is 25.7 Å². The Kier molecular flexibility index (Phi) is 8.10. The Morgan fingerprint density at radius 3 is 2.57 bits per heavy atom. The summed E-state index contributed by atoms with van der Waals surface area (Å²) < 4.78 is 33.1. The molecule has 0 spiro atoms. The van der Waals surface area contributed by atoms with Gasteiger partial charge in [0.1, 0.15) is 10.6 Å². The molecule has 132 valence electrons.